The van der Waals surface area contributed by atoms with Crippen molar-refractivity contribution in [2.75, 3.05) is 18.4 Å². The molecule has 3 aromatic rings. The molecule has 228 valence electrons. The van der Waals surface area contributed by atoms with Crippen LogP contribution < -0.4 is 10.6 Å². The molecule has 0 bridgehead atoms. The molecule has 1 aliphatic heterocycles. The van der Waals surface area contributed by atoms with Gasteiger partial charge in [0.25, 0.3) is 11.8 Å². The number of hydrogen-bond donors (Lipinski definition) is 2. The lowest BCUT2D eigenvalue weighted by Gasteiger charge is -2.29. The number of nitrogens with zero attached hydrogens (tertiary/aromatic N) is 5. The number of anilines is 1. The molecule has 3 amide bonds. The summed E-state index contributed by atoms with van der Waals surface area (Å²) in [5, 5.41) is 4.85. The quantitative estimate of drug-likeness (QED) is 0.347. The van der Waals surface area contributed by atoms with Gasteiger partial charge in [-0.25, -0.2) is 24.7 Å². The summed E-state index contributed by atoms with van der Waals surface area (Å²) >= 11 is 6.53. The van der Waals surface area contributed by atoms with Gasteiger partial charge in [-0.05, 0) is 51.8 Å². The fraction of sp³-hybridized carbons (Fsp3) is 0.370. The van der Waals surface area contributed by atoms with Crippen LogP contribution in [0.4, 0.5) is 23.8 Å². The molecule has 3 aromatic heterocycles. The van der Waals surface area contributed by atoms with E-state index in [1.54, 1.807) is 38.7 Å². The Morgan fingerprint density at radius 1 is 1.07 bits per heavy atom. The highest BCUT2D eigenvalue weighted by molar-refractivity contribution is 7.13. The van der Waals surface area contributed by atoms with E-state index in [2.05, 4.69) is 30.6 Å². The van der Waals surface area contributed by atoms with Gasteiger partial charge in [0, 0.05) is 19.3 Å². The Kier molecular flexibility index (Phi) is 9.35. The van der Waals surface area contributed by atoms with Crippen molar-refractivity contribution in [2.45, 2.75) is 51.9 Å². The van der Waals surface area contributed by atoms with E-state index in [0.29, 0.717) is 36.3 Å². The smallest absolute Gasteiger partial charge is 0.418 e. The van der Waals surface area contributed by atoms with E-state index in [0.717, 1.165) is 23.1 Å². The summed E-state index contributed by atoms with van der Waals surface area (Å²) in [6.07, 6.45) is 0.573. The average molecular weight is 638 g/mol. The zero-order chi connectivity index (χ0) is 31.5. The maximum Gasteiger partial charge on any atom is 0.418 e. The minimum Gasteiger partial charge on any atom is -0.444 e. The Morgan fingerprint density at radius 2 is 1.81 bits per heavy atom. The molecular weight excluding hydrogens is 611 g/mol. The number of nitrogens with one attached hydrogen (secondary N) is 2. The van der Waals surface area contributed by atoms with Gasteiger partial charge in [-0.1, -0.05) is 17.7 Å². The number of halogens is 4. The third-order valence-corrected chi connectivity index (χ3v) is 7.44. The molecule has 4 rings (SSSR count). The highest BCUT2D eigenvalue weighted by Crippen LogP contribution is 2.35. The number of alkyl halides is 3. The first-order valence-electron chi connectivity index (χ1n) is 12.9. The van der Waals surface area contributed by atoms with Crippen LogP contribution in [0.2, 0.25) is 5.02 Å². The summed E-state index contributed by atoms with van der Waals surface area (Å²) in [7, 11) is 0. The molecule has 0 radical (unpaired) electrons. The van der Waals surface area contributed by atoms with Gasteiger partial charge in [-0.2, -0.15) is 13.2 Å². The average Bonchev–Trinajstić information content (AvgIpc) is 3.44. The number of rotatable bonds is 6. The van der Waals surface area contributed by atoms with E-state index in [4.69, 9.17) is 16.3 Å². The second-order valence-electron chi connectivity index (χ2n) is 10.5. The summed E-state index contributed by atoms with van der Waals surface area (Å²) in [5.74, 6) is -1.56. The van der Waals surface area contributed by atoms with Crippen LogP contribution in [0, 0.1) is 0 Å². The fourth-order valence-electron chi connectivity index (χ4n) is 3.88. The zero-order valence-corrected chi connectivity index (χ0v) is 25.0. The molecule has 2 N–H and O–H groups in total. The lowest BCUT2D eigenvalue weighted by Crippen LogP contribution is -2.39. The number of thiazole rings is 1. The van der Waals surface area contributed by atoms with Crippen molar-refractivity contribution in [3.63, 3.8) is 0 Å². The number of pyridine rings is 1. The SMILES string of the molecule is CC(NC(=O)c1cc(C2=CCN(C(=O)OC(C)(C)C)CC2)ncn1)c1ncc(C(=O)Nc2cc(C(F)(F)F)c(Cl)cn2)s1. The van der Waals surface area contributed by atoms with Crippen LogP contribution in [-0.2, 0) is 10.9 Å². The molecule has 1 atom stereocenters. The minimum absolute atomic E-state index is 0.0930. The van der Waals surface area contributed by atoms with Gasteiger partial charge in [0.2, 0.25) is 0 Å². The van der Waals surface area contributed by atoms with Gasteiger partial charge >= 0.3 is 12.3 Å². The first-order valence-corrected chi connectivity index (χ1v) is 14.1. The lowest BCUT2D eigenvalue weighted by molar-refractivity contribution is -0.137. The van der Waals surface area contributed by atoms with E-state index in [1.807, 2.05) is 6.08 Å². The second-order valence-corrected chi connectivity index (χ2v) is 11.9. The predicted molar refractivity (Wildman–Crippen MR) is 153 cm³/mol. The molecule has 0 fully saturated rings. The summed E-state index contributed by atoms with van der Waals surface area (Å²) < 4.78 is 44.8. The van der Waals surface area contributed by atoms with Crippen molar-refractivity contribution in [3.05, 3.63) is 68.8 Å². The molecule has 4 heterocycles. The zero-order valence-electron chi connectivity index (χ0n) is 23.5. The van der Waals surface area contributed by atoms with Gasteiger partial charge in [-0.15, -0.1) is 11.3 Å². The Balaban J connectivity index is 1.37. The summed E-state index contributed by atoms with van der Waals surface area (Å²) in [5.41, 5.74) is -0.210. The predicted octanol–water partition coefficient (Wildman–Crippen LogP) is 5.77. The Hall–Kier alpha value is -4.11. The third kappa shape index (κ3) is 8.26. The molecular formula is C27H27ClF3N7O4S. The number of hydrogen-bond acceptors (Lipinski definition) is 9. The molecule has 43 heavy (non-hydrogen) atoms. The van der Waals surface area contributed by atoms with E-state index in [-0.39, 0.29) is 16.4 Å². The summed E-state index contributed by atoms with van der Waals surface area (Å²) in [6, 6.07) is 1.56. The molecule has 11 nitrogen and oxygen atoms in total. The molecule has 0 aromatic carbocycles. The number of ether oxygens (including phenoxy) is 1. The highest BCUT2D eigenvalue weighted by atomic mass is 35.5. The van der Waals surface area contributed by atoms with Gasteiger partial charge < -0.3 is 20.3 Å². The van der Waals surface area contributed by atoms with Gasteiger partial charge in [-0.3, -0.25) is 9.59 Å². The van der Waals surface area contributed by atoms with Gasteiger partial charge in [0.15, 0.2) is 0 Å². The van der Waals surface area contributed by atoms with Gasteiger partial charge in [0.1, 0.15) is 33.3 Å². The molecule has 0 aliphatic carbocycles. The van der Waals surface area contributed by atoms with E-state index in [9.17, 15) is 27.6 Å². The van der Waals surface area contributed by atoms with Gasteiger partial charge in [0.05, 0.1) is 28.5 Å². The molecule has 16 heteroatoms. The van der Waals surface area contributed by atoms with Crippen LogP contribution in [0.1, 0.15) is 76.6 Å². The topological polar surface area (TPSA) is 139 Å². The van der Waals surface area contributed by atoms with Crippen molar-refractivity contribution < 1.29 is 32.3 Å². The first-order chi connectivity index (χ1) is 20.1. The standard InChI is InChI=1S/C27H27ClF3N7O4S/c1-14(24-33-12-20(43-24)23(40)37-21-9-16(27(29,30)31)17(28)11-32-21)36-22(39)19-10-18(34-13-35-19)15-5-7-38(8-6-15)25(41)42-26(2,3)4/h5,9-14H,6-8H2,1-4H3,(H,36,39)(H,32,37,40). The summed E-state index contributed by atoms with van der Waals surface area (Å²) in [6.45, 7) is 7.83. The number of carbonyl (C=O) groups is 3. The Bertz CT molecular complexity index is 1570. The minimum atomic E-state index is -4.72. The molecule has 0 spiro atoms. The normalized spacial score (nSPS) is 14.5. The van der Waals surface area contributed by atoms with Crippen molar-refractivity contribution >= 4 is 52.2 Å². The molecule has 0 saturated heterocycles. The number of carbonyl (C=O) groups excluding carboxylic acids is 3. The fourth-order valence-corrected chi connectivity index (χ4v) is 4.90. The largest absolute Gasteiger partial charge is 0.444 e. The van der Waals surface area contributed by atoms with Crippen molar-refractivity contribution in [3.8, 4) is 0 Å². The van der Waals surface area contributed by atoms with Crippen LogP contribution in [0.15, 0.2) is 36.9 Å². The number of aromatic nitrogens is 4. The van der Waals surface area contributed by atoms with Crippen LogP contribution in [0.25, 0.3) is 5.57 Å². The van der Waals surface area contributed by atoms with Crippen molar-refractivity contribution in [2.24, 2.45) is 0 Å². The third-order valence-electron chi connectivity index (χ3n) is 5.96. The Morgan fingerprint density at radius 3 is 2.47 bits per heavy atom. The second kappa shape index (κ2) is 12.6. The van der Waals surface area contributed by atoms with E-state index < -0.39 is 46.3 Å². The molecule has 1 aliphatic rings. The van der Waals surface area contributed by atoms with Crippen LogP contribution in [0.5, 0.6) is 0 Å². The summed E-state index contributed by atoms with van der Waals surface area (Å²) in [4.78, 5) is 55.8. The lowest BCUT2D eigenvalue weighted by atomic mass is 10.0. The number of amides is 3. The maximum atomic E-state index is 13.1. The van der Waals surface area contributed by atoms with E-state index in [1.165, 1.54) is 12.5 Å². The van der Waals surface area contributed by atoms with E-state index >= 15 is 0 Å². The first kappa shape index (κ1) is 31.8. The monoisotopic (exact) mass is 637 g/mol. The van der Waals surface area contributed by atoms with Crippen molar-refractivity contribution in [1.29, 1.82) is 0 Å². The van der Waals surface area contributed by atoms with Crippen LogP contribution in [0.3, 0.4) is 0 Å². The van der Waals surface area contributed by atoms with Crippen LogP contribution in [-0.4, -0.2) is 61.4 Å². The Labute approximate surface area is 253 Å². The van der Waals surface area contributed by atoms with Crippen LogP contribution >= 0.6 is 22.9 Å². The molecule has 0 saturated carbocycles. The highest BCUT2D eigenvalue weighted by Gasteiger charge is 2.34. The maximum absolute atomic E-state index is 13.1. The van der Waals surface area contributed by atoms with Crippen molar-refractivity contribution in [1.82, 2.24) is 30.2 Å². The molecule has 1 unspecified atom stereocenters.